The van der Waals surface area contributed by atoms with Gasteiger partial charge in [0.2, 0.25) is 0 Å². The minimum absolute atomic E-state index is 0.0100. The number of ether oxygens (including phenoxy) is 2. The van der Waals surface area contributed by atoms with E-state index in [1.54, 1.807) is 31.4 Å². The molecule has 6 heteroatoms. The van der Waals surface area contributed by atoms with Crippen molar-refractivity contribution in [1.82, 2.24) is 0 Å². The summed E-state index contributed by atoms with van der Waals surface area (Å²) >= 11 is 1.26. The summed E-state index contributed by atoms with van der Waals surface area (Å²) in [6.45, 7) is 0.474. The number of hydrogen-bond donors (Lipinski definition) is 1. The molecule has 0 fully saturated rings. The highest BCUT2D eigenvalue weighted by Crippen LogP contribution is 2.25. The van der Waals surface area contributed by atoms with Gasteiger partial charge in [0.15, 0.2) is 5.78 Å². The number of methoxy groups -OCH3 is 1. The first-order valence-corrected chi connectivity index (χ1v) is 11.2. The van der Waals surface area contributed by atoms with E-state index >= 15 is 0 Å². The number of carbonyl (C=O) groups excluding carboxylic acids is 1. The molecule has 0 saturated carbocycles. The Morgan fingerprint density at radius 2 is 1.81 bits per heavy atom. The fraction of sp³-hybridized carbons (Fsp3) is 0.154. The van der Waals surface area contributed by atoms with Gasteiger partial charge in [-0.15, -0.1) is 11.8 Å². The third-order valence-electron chi connectivity index (χ3n) is 4.58. The molecule has 0 heterocycles. The molecule has 0 amide bonds. The van der Waals surface area contributed by atoms with Crippen LogP contribution in [0.3, 0.4) is 0 Å². The molecule has 0 aliphatic carbocycles. The molecule has 0 saturated heterocycles. The molecule has 0 aliphatic rings. The summed E-state index contributed by atoms with van der Waals surface area (Å²) in [5, 5.41) is 8.83. The summed E-state index contributed by atoms with van der Waals surface area (Å²) in [6.07, 6.45) is 3.27. The van der Waals surface area contributed by atoms with Gasteiger partial charge in [-0.3, -0.25) is 9.59 Å². The number of carbonyl (C=O) groups is 2. The smallest absolute Gasteiger partial charge is 0.313 e. The normalized spacial score (nSPS) is 10.8. The van der Waals surface area contributed by atoms with Gasteiger partial charge in [0.1, 0.15) is 18.1 Å². The number of thioether (sulfide) groups is 1. The van der Waals surface area contributed by atoms with Crippen molar-refractivity contribution in [2.24, 2.45) is 0 Å². The number of rotatable bonds is 11. The minimum Gasteiger partial charge on any atom is -0.496 e. The van der Waals surface area contributed by atoms with Crippen LogP contribution in [0.2, 0.25) is 0 Å². The predicted octanol–water partition coefficient (Wildman–Crippen LogP) is 5.49. The van der Waals surface area contributed by atoms with Crippen LogP contribution in [-0.2, 0) is 17.2 Å². The average Bonchev–Trinajstić information content (AvgIpc) is 2.82. The highest BCUT2D eigenvalue weighted by atomic mass is 32.2. The van der Waals surface area contributed by atoms with Crippen LogP contribution in [0.1, 0.15) is 27.0 Å². The van der Waals surface area contributed by atoms with E-state index in [1.807, 2.05) is 54.6 Å². The first-order chi connectivity index (χ1) is 15.5. The van der Waals surface area contributed by atoms with Crippen molar-refractivity contribution in [2.45, 2.75) is 12.4 Å². The number of aliphatic carboxylic acids is 1. The van der Waals surface area contributed by atoms with Crippen molar-refractivity contribution in [3.8, 4) is 11.5 Å². The zero-order valence-corrected chi connectivity index (χ0v) is 18.5. The van der Waals surface area contributed by atoms with Gasteiger partial charge in [0, 0.05) is 16.9 Å². The summed E-state index contributed by atoms with van der Waals surface area (Å²) in [7, 11) is 1.55. The third-order valence-corrected chi connectivity index (χ3v) is 5.55. The molecule has 3 rings (SSSR count). The highest BCUT2D eigenvalue weighted by Gasteiger charge is 2.10. The zero-order chi connectivity index (χ0) is 22.8. The molecule has 0 spiro atoms. The Kier molecular flexibility index (Phi) is 8.52. The summed E-state index contributed by atoms with van der Waals surface area (Å²) in [5.74, 6) is 0.773. The molecule has 0 atom stereocenters. The first kappa shape index (κ1) is 23.2. The minimum atomic E-state index is -0.876. The Bertz CT molecular complexity index is 1090. The van der Waals surface area contributed by atoms with Crippen LogP contribution >= 0.6 is 11.8 Å². The molecule has 0 unspecified atom stereocenters. The van der Waals surface area contributed by atoms with Crippen molar-refractivity contribution in [3.05, 3.63) is 101 Å². The summed E-state index contributed by atoms with van der Waals surface area (Å²) in [6, 6.07) is 22.7. The van der Waals surface area contributed by atoms with E-state index in [0.29, 0.717) is 23.7 Å². The maximum atomic E-state index is 12.7. The summed E-state index contributed by atoms with van der Waals surface area (Å²) in [4.78, 5) is 23.4. The lowest BCUT2D eigenvalue weighted by Gasteiger charge is -2.09. The van der Waals surface area contributed by atoms with Crippen LogP contribution in [0, 0.1) is 0 Å². The average molecular weight is 449 g/mol. The first-order valence-electron chi connectivity index (χ1n) is 10.0. The number of allylic oxidation sites excluding steroid dienone is 1. The topological polar surface area (TPSA) is 72.8 Å². The lowest BCUT2D eigenvalue weighted by Crippen LogP contribution is -2.01. The number of hydrogen-bond acceptors (Lipinski definition) is 5. The van der Waals surface area contributed by atoms with E-state index in [0.717, 1.165) is 22.4 Å². The van der Waals surface area contributed by atoms with Crippen molar-refractivity contribution in [2.75, 3.05) is 12.9 Å². The molecule has 5 nitrogen and oxygen atoms in total. The third kappa shape index (κ3) is 7.03. The summed E-state index contributed by atoms with van der Waals surface area (Å²) < 4.78 is 11.2. The van der Waals surface area contributed by atoms with Gasteiger partial charge in [-0.1, -0.05) is 48.5 Å². The second-order valence-electron chi connectivity index (χ2n) is 6.96. The quantitative estimate of drug-likeness (QED) is 0.309. The Labute approximate surface area is 191 Å². The monoisotopic (exact) mass is 448 g/mol. The summed E-state index contributed by atoms with van der Waals surface area (Å²) in [5.41, 5.74) is 3.24. The van der Waals surface area contributed by atoms with Crippen LogP contribution in [0.25, 0.3) is 6.08 Å². The van der Waals surface area contributed by atoms with Gasteiger partial charge in [-0.25, -0.2) is 0 Å². The molecule has 164 valence electrons. The fourth-order valence-electron chi connectivity index (χ4n) is 3.01. The molecular weight excluding hydrogens is 424 g/mol. The lowest BCUT2D eigenvalue weighted by atomic mass is 10.1. The van der Waals surface area contributed by atoms with Crippen molar-refractivity contribution in [1.29, 1.82) is 0 Å². The Balaban J connectivity index is 1.66. The maximum Gasteiger partial charge on any atom is 0.313 e. The number of carboxylic acids is 1. The van der Waals surface area contributed by atoms with Crippen LogP contribution in [0.15, 0.2) is 78.9 Å². The van der Waals surface area contributed by atoms with Gasteiger partial charge in [0.05, 0.1) is 12.9 Å². The number of carboxylic acid groups (broad SMARTS) is 1. The van der Waals surface area contributed by atoms with Gasteiger partial charge in [-0.2, -0.15) is 0 Å². The van der Waals surface area contributed by atoms with E-state index in [9.17, 15) is 9.59 Å². The van der Waals surface area contributed by atoms with E-state index in [4.69, 9.17) is 14.6 Å². The second-order valence-corrected chi connectivity index (χ2v) is 7.94. The van der Waals surface area contributed by atoms with E-state index < -0.39 is 5.97 Å². The van der Waals surface area contributed by atoms with Crippen LogP contribution < -0.4 is 9.47 Å². The van der Waals surface area contributed by atoms with E-state index in [-0.39, 0.29) is 11.5 Å². The van der Waals surface area contributed by atoms with Gasteiger partial charge >= 0.3 is 5.97 Å². The molecule has 3 aromatic carbocycles. The van der Waals surface area contributed by atoms with Gasteiger partial charge < -0.3 is 14.6 Å². The van der Waals surface area contributed by atoms with Gasteiger partial charge in [0.25, 0.3) is 0 Å². The Morgan fingerprint density at radius 3 is 2.56 bits per heavy atom. The maximum absolute atomic E-state index is 12.7. The molecular formula is C26H24O5S. The SMILES string of the molecule is COc1ccc(C(=O)/C=C/c2cccc(OCc3ccccc3)c2)cc1CSCC(=O)O. The molecule has 3 aromatic rings. The van der Waals surface area contributed by atoms with E-state index in [1.165, 1.54) is 17.8 Å². The molecule has 0 bridgehead atoms. The van der Waals surface area contributed by atoms with Crippen molar-refractivity contribution in [3.63, 3.8) is 0 Å². The lowest BCUT2D eigenvalue weighted by molar-refractivity contribution is -0.133. The van der Waals surface area contributed by atoms with Crippen LogP contribution in [0.5, 0.6) is 11.5 Å². The largest absolute Gasteiger partial charge is 0.496 e. The van der Waals surface area contributed by atoms with Gasteiger partial charge in [-0.05, 0) is 47.5 Å². The second kappa shape index (κ2) is 11.8. The van der Waals surface area contributed by atoms with Crippen molar-refractivity contribution < 1.29 is 24.2 Å². The predicted molar refractivity (Wildman–Crippen MR) is 127 cm³/mol. The molecule has 0 aromatic heterocycles. The standard InChI is InChI=1S/C26H24O5S/c1-30-25-13-11-21(15-22(25)17-32-18-26(28)29)24(27)12-10-19-8-5-9-23(14-19)31-16-20-6-3-2-4-7-20/h2-15H,16-18H2,1H3,(H,28,29)/b12-10+. The molecule has 0 aliphatic heterocycles. The zero-order valence-electron chi connectivity index (χ0n) is 17.7. The highest BCUT2D eigenvalue weighted by molar-refractivity contribution is 7.99. The Hall–Kier alpha value is -3.51. The molecule has 32 heavy (non-hydrogen) atoms. The number of ketones is 1. The van der Waals surface area contributed by atoms with Crippen LogP contribution in [0.4, 0.5) is 0 Å². The van der Waals surface area contributed by atoms with Crippen LogP contribution in [-0.4, -0.2) is 29.7 Å². The van der Waals surface area contributed by atoms with E-state index in [2.05, 4.69) is 0 Å². The molecule has 1 N–H and O–H groups in total. The number of benzene rings is 3. The molecule has 0 radical (unpaired) electrons. The van der Waals surface area contributed by atoms with Crippen molar-refractivity contribution >= 4 is 29.6 Å². The fourth-order valence-corrected chi connectivity index (χ4v) is 3.73. The Morgan fingerprint density at radius 1 is 1.00 bits per heavy atom.